The zero-order valence-corrected chi connectivity index (χ0v) is 12.5. The van der Waals surface area contributed by atoms with Crippen LogP contribution in [0.5, 0.6) is 11.5 Å². The lowest BCUT2D eigenvalue weighted by Crippen LogP contribution is -2.13. The summed E-state index contributed by atoms with van der Waals surface area (Å²) in [6, 6.07) is 15.5. The second kappa shape index (κ2) is 7.43. The van der Waals surface area contributed by atoms with E-state index >= 15 is 0 Å². The number of nitrogen functional groups attached to an aromatic ring is 1. The van der Waals surface area contributed by atoms with E-state index in [4.69, 9.17) is 15.2 Å². The van der Waals surface area contributed by atoms with Gasteiger partial charge >= 0.3 is 0 Å². The summed E-state index contributed by atoms with van der Waals surface area (Å²) in [5.74, 6) is 1.57. The Morgan fingerprint density at radius 3 is 2.52 bits per heavy atom. The molecule has 0 fully saturated rings. The smallest absolute Gasteiger partial charge is 0.144 e. The third kappa shape index (κ3) is 4.60. The molecule has 0 aliphatic rings. The molecule has 0 amide bonds. The average Bonchev–Trinajstić information content (AvgIpc) is 2.48. The van der Waals surface area contributed by atoms with Crippen molar-refractivity contribution in [3.05, 3.63) is 48.5 Å². The minimum atomic E-state index is 0.101. The van der Waals surface area contributed by atoms with Crippen molar-refractivity contribution in [1.29, 1.82) is 0 Å². The molecule has 0 saturated heterocycles. The van der Waals surface area contributed by atoms with Gasteiger partial charge in [-0.1, -0.05) is 24.3 Å². The molecule has 0 radical (unpaired) electrons. The molecule has 0 aromatic heterocycles. The topological polar surface area (TPSA) is 56.5 Å². The lowest BCUT2D eigenvalue weighted by atomic mass is 10.2. The number of nitrogens with one attached hydrogen (secondary N) is 1. The second-order valence-electron chi connectivity index (χ2n) is 4.97. The van der Waals surface area contributed by atoms with Gasteiger partial charge in [0.05, 0.1) is 17.5 Å². The first-order valence-corrected chi connectivity index (χ1v) is 7.13. The third-order valence-corrected chi connectivity index (χ3v) is 2.86. The summed E-state index contributed by atoms with van der Waals surface area (Å²) in [7, 11) is 0. The van der Waals surface area contributed by atoms with Gasteiger partial charge in [-0.15, -0.1) is 0 Å². The molecule has 2 aromatic rings. The molecule has 4 nitrogen and oxygen atoms in total. The quantitative estimate of drug-likeness (QED) is 0.604. The molecule has 0 unspecified atom stereocenters. The number of hydrogen-bond acceptors (Lipinski definition) is 4. The Balaban J connectivity index is 1.85. The van der Waals surface area contributed by atoms with Gasteiger partial charge < -0.3 is 20.5 Å². The lowest BCUT2D eigenvalue weighted by molar-refractivity contribution is 0.244. The van der Waals surface area contributed by atoms with E-state index in [0.29, 0.717) is 24.6 Å². The van der Waals surface area contributed by atoms with E-state index in [9.17, 15) is 0 Å². The van der Waals surface area contributed by atoms with E-state index in [0.717, 1.165) is 11.4 Å². The molecule has 3 N–H and O–H groups in total. The van der Waals surface area contributed by atoms with E-state index in [1.54, 1.807) is 0 Å². The van der Waals surface area contributed by atoms with Crippen LogP contribution in [0.1, 0.15) is 13.8 Å². The van der Waals surface area contributed by atoms with Crippen LogP contribution in [0.15, 0.2) is 48.5 Å². The van der Waals surface area contributed by atoms with Gasteiger partial charge in [0.25, 0.3) is 0 Å². The van der Waals surface area contributed by atoms with Gasteiger partial charge in [0.2, 0.25) is 0 Å². The number of para-hydroxylation sites is 2. The highest BCUT2D eigenvalue weighted by molar-refractivity contribution is 5.72. The van der Waals surface area contributed by atoms with Gasteiger partial charge in [0, 0.05) is 6.54 Å². The van der Waals surface area contributed by atoms with E-state index in [1.165, 1.54) is 0 Å². The fraction of sp³-hybridized carbons (Fsp3) is 0.294. The van der Waals surface area contributed by atoms with Crippen molar-refractivity contribution in [2.24, 2.45) is 0 Å². The van der Waals surface area contributed by atoms with Crippen molar-refractivity contribution in [3.63, 3.8) is 0 Å². The first kappa shape index (κ1) is 15.0. The molecule has 0 bridgehead atoms. The first-order chi connectivity index (χ1) is 10.2. The minimum absolute atomic E-state index is 0.101. The Kier molecular flexibility index (Phi) is 5.32. The highest BCUT2D eigenvalue weighted by atomic mass is 16.5. The van der Waals surface area contributed by atoms with Gasteiger partial charge in [-0.25, -0.2) is 0 Å². The average molecular weight is 286 g/mol. The van der Waals surface area contributed by atoms with Crippen molar-refractivity contribution in [1.82, 2.24) is 0 Å². The largest absolute Gasteiger partial charge is 0.492 e. The van der Waals surface area contributed by atoms with Crippen molar-refractivity contribution in [2.45, 2.75) is 20.0 Å². The van der Waals surface area contributed by atoms with Crippen LogP contribution in [0, 0.1) is 0 Å². The number of ether oxygens (including phenoxy) is 2. The molecule has 2 aromatic carbocycles. The maximum Gasteiger partial charge on any atom is 0.144 e. The van der Waals surface area contributed by atoms with Crippen molar-refractivity contribution >= 4 is 11.4 Å². The Morgan fingerprint density at radius 1 is 1.05 bits per heavy atom. The Morgan fingerprint density at radius 2 is 1.81 bits per heavy atom. The maximum atomic E-state index is 6.10. The van der Waals surface area contributed by atoms with Crippen LogP contribution in [-0.4, -0.2) is 19.3 Å². The minimum Gasteiger partial charge on any atom is -0.492 e. The molecule has 0 atom stereocenters. The summed E-state index contributed by atoms with van der Waals surface area (Å²) >= 11 is 0. The number of benzene rings is 2. The molecule has 0 saturated carbocycles. The molecular formula is C17H22N2O2. The molecule has 4 heteroatoms. The Bertz CT molecular complexity index is 556. The number of nitrogens with two attached hydrogens (primary N) is 1. The molecule has 0 heterocycles. The van der Waals surface area contributed by atoms with Crippen LogP contribution in [0.4, 0.5) is 11.4 Å². The molecule has 0 aliphatic carbocycles. The summed E-state index contributed by atoms with van der Waals surface area (Å²) in [5, 5.41) is 3.27. The molecule has 21 heavy (non-hydrogen) atoms. The number of anilines is 2. The zero-order valence-electron chi connectivity index (χ0n) is 12.5. The van der Waals surface area contributed by atoms with E-state index < -0.39 is 0 Å². The number of rotatable bonds is 7. The number of hydrogen-bond donors (Lipinski definition) is 2. The lowest BCUT2D eigenvalue weighted by Gasteiger charge is -2.16. The zero-order chi connectivity index (χ0) is 15.1. The highest BCUT2D eigenvalue weighted by Gasteiger charge is 2.07. The summed E-state index contributed by atoms with van der Waals surface area (Å²) in [5.41, 5.74) is 7.59. The summed E-state index contributed by atoms with van der Waals surface area (Å²) in [6.45, 7) is 5.20. The highest BCUT2D eigenvalue weighted by Crippen LogP contribution is 2.29. The van der Waals surface area contributed by atoms with Crippen LogP contribution >= 0.6 is 0 Å². The fourth-order valence-corrected chi connectivity index (χ4v) is 1.93. The summed E-state index contributed by atoms with van der Waals surface area (Å²) in [6.07, 6.45) is 0.101. The Labute approximate surface area is 125 Å². The second-order valence-corrected chi connectivity index (χ2v) is 4.97. The van der Waals surface area contributed by atoms with Gasteiger partial charge in [-0.2, -0.15) is 0 Å². The van der Waals surface area contributed by atoms with Crippen molar-refractivity contribution in [2.75, 3.05) is 24.2 Å². The van der Waals surface area contributed by atoms with Crippen molar-refractivity contribution in [3.8, 4) is 11.5 Å². The normalized spacial score (nSPS) is 10.4. The predicted octanol–water partition coefficient (Wildman–Crippen LogP) is 3.55. The van der Waals surface area contributed by atoms with Gasteiger partial charge in [-0.05, 0) is 38.1 Å². The van der Waals surface area contributed by atoms with Gasteiger partial charge in [0.1, 0.15) is 18.1 Å². The SMILES string of the molecule is CC(C)Oc1cccc(NCCOc2ccccc2)c1N. The summed E-state index contributed by atoms with van der Waals surface area (Å²) < 4.78 is 11.3. The van der Waals surface area contributed by atoms with Crippen molar-refractivity contribution < 1.29 is 9.47 Å². The molecule has 0 aliphatic heterocycles. The van der Waals surface area contributed by atoms with Crippen LogP contribution in [-0.2, 0) is 0 Å². The van der Waals surface area contributed by atoms with E-state index in [1.807, 2.05) is 62.4 Å². The molecule has 2 rings (SSSR count). The standard InChI is InChI=1S/C17H22N2O2/c1-13(2)21-16-10-6-9-15(17(16)18)19-11-12-20-14-7-4-3-5-8-14/h3-10,13,19H,11-12,18H2,1-2H3. The predicted molar refractivity (Wildman–Crippen MR) is 87.0 cm³/mol. The van der Waals surface area contributed by atoms with Crippen LogP contribution in [0.3, 0.4) is 0 Å². The van der Waals surface area contributed by atoms with Gasteiger partial charge in [0.15, 0.2) is 0 Å². The maximum absolute atomic E-state index is 6.10. The monoisotopic (exact) mass is 286 g/mol. The van der Waals surface area contributed by atoms with Crippen LogP contribution < -0.4 is 20.5 Å². The molecular weight excluding hydrogens is 264 g/mol. The Hall–Kier alpha value is -2.36. The van der Waals surface area contributed by atoms with E-state index in [2.05, 4.69) is 5.32 Å². The van der Waals surface area contributed by atoms with Gasteiger partial charge in [-0.3, -0.25) is 0 Å². The van der Waals surface area contributed by atoms with E-state index in [-0.39, 0.29) is 6.10 Å². The fourth-order valence-electron chi connectivity index (χ4n) is 1.93. The van der Waals surface area contributed by atoms with Crippen LogP contribution in [0.25, 0.3) is 0 Å². The van der Waals surface area contributed by atoms with Crippen LogP contribution in [0.2, 0.25) is 0 Å². The molecule has 112 valence electrons. The third-order valence-electron chi connectivity index (χ3n) is 2.86. The molecule has 0 spiro atoms. The summed E-state index contributed by atoms with van der Waals surface area (Å²) in [4.78, 5) is 0. The first-order valence-electron chi connectivity index (χ1n) is 7.13.